The molecule has 0 aliphatic carbocycles. The number of urea groups is 1. The Bertz CT molecular complexity index is 824. The third-order valence-electron chi connectivity index (χ3n) is 5.05. The number of hydrogen-bond acceptors (Lipinski definition) is 6. The number of amides is 4. The number of hydrogen-bond donors (Lipinski definition) is 2. The van der Waals surface area contributed by atoms with Crippen LogP contribution in [0.2, 0.25) is 0 Å². The predicted molar refractivity (Wildman–Crippen MR) is 135 cm³/mol. The third-order valence-corrected chi connectivity index (χ3v) is 8.45. The average molecular weight is 499 g/mol. The Hall–Kier alpha value is -1.65. The van der Waals surface area contributed by atoms with Crippen LogP contribution in [0.5, 0.6) is 0 Å². The molecule has 1 aromatic rings. The third kappa shape index (κ3) is 8.71. The second kappa shape index (κ2) is 13.8. The fourth-order valence-electron chi connectivity index (χ4n) is 3.43. The smallest absolute Gasteiger partial charge is 0.330 e. The van der Waals surface area contributed by atoms with Gasteiger partial charge in [-0.1, -0.05) is 49.1 Å². The molecule has 2 N–H and O–H groups in total. The first-order valence-electron chi connectivity index (χ1n) is 11.2. The Morgan fingerprint density at radius 1 is 1.31 bits per heavy atom. The fraction of sp³-hybridized carbons (Fsp3) is 0.636. The van der Waals surface area contributed by atoms with E-state index in [0.717, 1.165) is 36.3 Å². The van der Waals surface area contributed by atoms with Gasteiger partial charge in [-0.2, -0.15) is 0 Å². The van der Waals surface area contributed by atoms with E-state index in [1.807, 2.05) is 13.8 Å². The molecule has 1 unspecified atom stereocenters. The van der Waals surface area contributed by atoms with Crippen molar-refractivity contribution in [1.29, 1.82) is 0 Å². The molecule has 0 fully saturated rings. The van der Waals surface area contributed by atoms with Gasteiger partial charge in [0.2, 0.25) is 5.91 Å². The van der Waals surface area contributed by atoms with Gasteiger partial charge in [0.15, 0.2) is 5.13 Å². The van der Waals surface area contributed by atoms with Crippen molar-refractivity contribution >= 4 is 55.0 Å². The largest absolute Gasteiger partial charge is 0.344 e. The van der Waals surface area contributed by atoms with E-state index in [0.29, 0.717) is 24.4 Å². The van der Waals surface area contributed by atoms with Crippen LogP contribution in [0.4, 0.5) is 9.93 Å². The summed E-state index contributed by atoms with van der Waals surface area (Å²) in [5, 5.41) is 7.78. The van der Waals surface area contributed by atoms with Gasteiger partial charge in [0, 0.05) is 30.3 Å². The van der Waals surface area contributed by atoms with Crippen LogP contribution in [0.1, 0.15) is 65.7 Å². The van der Waals surface area contributed by atoms with E-state index in [9.17, 15) is 14.4 Å². The summed E-state index contributed by atoms with van der Waals surface area (Å²) < 4.78 is 0. The quantitative estimate of drug-likeness (QED) is 0.418. The van der Waals surface area contributed by atoms with Crippen LogP contribution >= 0.6 is 11.3 Å². The molecule has 2 rings (SSSR count). The number of thiazole rings is 1. The van der Waals surface area contributed by atoms with Gasteiger partial charge in [0.1, 0.15) is 6.04 Å². The molecule has 178 valence electrons. The number of unbranched alkanes of at least 4 members (excludes halogenated alkanes) is 2. The van der Waals surface area contributed by atoms with Gasteiger partial charge in [-0.25, -0.2) is 9.78 Å². The molecule has 4 amide bonds. The lowest BCUT2D eigenvalue weighted by Crippen LogP contribution is -2.52. The molecule has 1 aromatic heterocycles. The summed E-state index contributed by atoms with van der Waals surface area (Å²) in [5.74, 6) is 0.593. The summed E-state index contributed by atoms with van der Waals surface area (Å²) in [4.78, 5) is 45.4. The number of anilines is 1. The highest BCUT2D eigenvalue weighted by atomic mass is 32.8. The average Bonchev–Trinajstić information content (AvgIpc) is 3.39. The van der Waals surface area contributed by atoms with E-state index in [1.165, 1.54) is 16.2 Å². The second-order valence-electron chi connectivity index (χ2n) is 8.22. The van der Waals surface area contributed by atoms with Crippen molar-refractivity contribution in [2.45, 2.75) is 71.8 Å². The summed E-state index contributed by atoms with van der Waals surface area (Å²) in [5.41, 5.74) is 0. The Morgan fingerprint density at radius 3 is 2.69 bits per heavy atom. The molecule has 10 heteroatoms. The summed E-state index contributed by atoms with van der Waals surface area (Å²) in [6, 6.07) is -1.27. The maximum Gasteiger partial charge on any atom is 0.330 e. The monoisotopic (exact) mass is 498 g/mol. The first-order valence-corrected chi connectivity index (χ1v) is 14.4. The van der Waals surface area contributed by atoms with Crippen LogP contribution in [0, 0.1) is 5.92 Å². The van der Waals surface area contributed by atoms with Crippen LogP contribution < -0.4 is 10.6 Å². The summed E-state index contributed by atoms with van der Waals surface area (Å²) in [7, 11) is -0.224. The number of carbonyl (C=O) groups is 3. The summed E-state index contributed by atoms with van der Waals surface area (Å²) >= 11 is 6.79. The topological polar surface area (TPSA) is 91.4 Å². The van der Waals surface area contributed by atoms with Crippen molar-refractivity contribution in [1.82, 2.24) is 15.2 Å². The molecule has 32 heavy (non-hydrogen) atoms. The Kier molecular flexibility index (Phi) is 11.5. The summed E-state index contributed by atoms with van der Waals surface area (Å²) in [6.07, 6.45) is 8.85. The van der Waals surface area contributed by atoms with Gasteiger partial charge in [-0.3, -0.25) is 19.8 Å². The van der Waals surface area contributed by atoms with Crippen molar-refractivity contribution in [3.8, 4) is 0 Å². The highest BCUT2D eigenvalue weighted by Crippen LogP contribution is 2.20. The molecule has 2 heterocycles. The van der Waals surface area contributed by atoms with Crippen LogP contribution in [0.15, 0.2) is 22.6 Å². The van der Waals surface area contributed by atoms with Crippen LogP contribution in [0.25, 0.3) is 0 Å². The molecule has 2 atom stereocenters. The normalized spacial score (nSPS) is 16.5. The summed E-state index contributed by atoms with van der Waals surface area (Å²) in [6.45, 7) is 6.30. The molecule has 1 aliphatic rings. The maximum atomic E-state index is 13.5. The van der Waals surface area contributed by atoms with Gasteiger partial charge in [0.25, 0.3) is 5.91 Å². The standard InChI is InChI=1S/C22H34N4O3S3/c1-4-5-6-9-19(27)24-18(15-16(2)3)20(28)26(12-10-17-8-7-14-32(17)30)22(29)25-21-23-11-13-31-21/h8,11,13,16,18H,4-7,9-10,12,14-15H2,1-3H3,(H,24,27)(H,23,25,29)/t18-,32?/m0/s1. The fourth-order valence-corrected chi connectivity index (χ4v) is 5.91. The van der Waals surface area contributed by atoms with Crippen molar-refractivity contribution in [2.24, 2.45) is 5.92 Å². The maximum absolute atomic E-state index is 13.5. The number of carbonyl (C=O) groups excluding carboxylic acids is 3. The lowest BCUT2D eigenvalue weighted by Gasteiger charge is -2.27. The van der Waals surface area contributed by atoms with Gasteiger partial charge >= 0.3 is 6.03 Å². The lowest BCUT2D eigenvalue weighted by molar-refractivity contribution is -0.134. The molecule has 0 aromatic carbocycles. The van der Waals surface area contributed by atoms with Gasteiger partial charge < -0.3 is 5.32 Å². The number of nitrogens with one attached hydrogen (secondary N) is 2. The van der Waals surface area contributed by atoms with Gasteiger partial charge in [0.05, 0.1) is 0 Å². The molecule has 0 spiro atoms. The molecule has 0 saturated heterocycles. The highest BCUT2D eigenvalue weighted by molar-refractivity contribution is 8.31. The minimum atomic E-state index is -0.745. The van der Waals surface area contributed by atoms with E-state index in [2.05, 4.69) is 28.6 Å². The zero-order valence-corrected chi connectivity index (χ0v) is 21.5. The number of aromatic nitrogens is 1. The van der Waals surface area contributed by atoms with E-state index in [-0.39, 0.29) is 33.7 Å². The van der Waals surface area contributed by atoms with E-state index >= 15 is 0 Å². The minimum absolute atomic E-state index is 0.150. The van der Waals surface area contributed by atoms with Crippen molar-refractivity contribution < 1.29 is 14.4 Å². The van der Waals surface area contributed by atoms with Crippen LogP contribution in [0.3, 0.4) is 0 Å². The Balaban J connectivity index is 2.15. The molecular weight excluding hydrogens is 464 g/mol. The van der Waals surface area contributed by atoms with Crippen molar-refractivity contribution in [2.75, 3.05) is 17.6 Å². The van der Waals surface area contributed by atoms with E-state index in [4.69, 9.17) is 11.2 Å². The first-order chi connectivity index (χ1) is 15.3. The van der Waals surface area contributed by atoms with Crippen molar-refractivity contribution in [3.05, 3.63) is 22.6 Å². The highest BCUT2D eigenvalue weighted by Gasteiger charge is 2.31. The van der Waals surface area contributed by atoms with Crippen molar-refractivity contribution in [3.63, 3.8) is 0 Å². The van der Waals surface area contributed by atoms with E-state index < -0.39 is 12.1 Å². The predicted octanol–water partition coefficient (Wildman–Crippen LogP) is 4.37. The van der Waals surface area contributed by atoms with Gasteiger partial charge in [-0.15, -0.1) is 11.3 Å². The van der Waals surface area contributed by atoms with Gasteiger partial charge in [-0.05, 0) is 47.7 Å². The van der Waals surface area contributed by atoms with Crippen LogP contribution in [-0.4, -0.2) is 46.1 Å². The zero-order chi connectivity index (χ0) is 23.5. The number of imide groups is 1. The minimum Gasteiger partial charge on any atom is -0.344 e. The molecular formula is C22H34N4O3S3. The van der Waals surface area contributed by atoms with Crippen LogP contribution in [-0.2, 0) is 30.2 Å². The Labute approximate surface area is 202 Å². The first kappa shape index (κ1) is 26.6. The Morgan fingerprint density at radius 2 is 2.09 bits per heavy atom. The molecule has 1 aliphatic heterocycles. The van der Waals surface area contributed by atoms with E-state index in [1.54, 1.807) is 11.6 Å². The molecule has 0 saturated carbocycles. The SMILES string of the molecule is CCCCCC(=O)N[C@@H](CC(C)C)C(=O)N(CCC1=CCCS1=S)C(=O)Nc1nccs1. The molecule has 0 bridgehead atoms. The molecule has 7 nitrogen and oxygen atoms in total. The number of rotatable bonds is 12. The number of allylic oxidation sites excluding steroid dienone is 1. The lowest BCUT2D eigenvalue weighted by atomic mass is 10.0. The number of nitrogens with zero attached hydrogens (tertiary/aromatic N) is 2. The second-order valence-corrected chi connectivity index (χ2v) is 11.9. The molecule has 0 radical (unpaired) electrons. The zero-order valence-electron chi connectivity index (χ0n) is 19.1.